The van der Waals surface area contributed by atoms with Gasteiger partial charge in [-0.2, -0.15) is 13.2 Å². The van der Waals surface area contributed by atoms with Gasteiger partial charge in [0.15, 0.2) is 0 Å². The van der Waals surface area contributed by atoms with Gasteiger partial charge < -0.3 is 10.1 Å². The Kier molecular flexibility index (Phi) is 3.13. The lowest BCUT2D eigenvalue weighted by Gasteiger charge is -2.22. The minimum Gasteiger partial charge on any atom is -0.444 e. The predicted octanol–water partition coefficient (Wildman–Crippen LogP) is 2.85. The van der Waals surface area contributed by atoms with Crippen LogP contribution in [0.4, 0.5) is 18.0 Å². The van der Waals surface area contributed by atoms with Crippen molar-refractivity contribution in [1.82, 2.24) is 5.32 Å². The number of carbonyl (C=O) groups is 1. The molecule has 0 aromatic heterocycles. The number of nitrogens with one attached hydrogen (secondary N) is 1. The molecule has 0 aromatic carbocycles. The van der Waals surface area contributed by atoms with Gasteiger partial charge in [-0.3, -0.25) is 0 Å². The van der Waals surface area contributed by atoms with E-state index in [1.54, 1.807) is 20.8 Å². The smallest absolute Gasteiger partial charge is 0.407 e. The van der Waals surface area contributed by atoms with Gasteiger partial charge in [0.25, 0.3) is 0 Å². The zero-order chi connectivity index (χ0) is 12.6. The highest BCUT2D eigenvalue weighted by Gasteiger charge is 2.63. The number of hydrogen-bond donors (Lipinski definition) is 1. The Labute approximate surface area is 92.3 Å². The van der Waals surface area contributed by atoms with Crippen molar-refractivity contribution < 1.29 is 22.7 Å². The van der Waals surface area contributed by atoms with Crippen LogP contribution >= 0.6 is 0 Å². The van der Waals surface area contributed by atoms with E-state index in [9.17, 15) is 18.0 Å². The average molecular weight is 239 g/mol. The van der Waals surface area contributed by atoms with Crippen LogP contribution in [0.3, 0.4) is 0 Å². The van der Waals surface area contributed by atoms with E-state index in [1.165, 1.54) is 0 Å². The number of amides is 1. The van der Waals surface area contributed by atoms with Crippen molar-refractivity contribution in [2.75, 3.05) is 6.54 Å². The Hall–Kier alpha value is -0.940. The van der Waals surface area contributed by atoms with Crippen molar-refractivity contribution in [3.05, 3.63) is 0 Å². The number of alkyl halides is 3. The lowest BCUT2D eigenvalue weighted by atomic mass is 10.1. The second-order valence-corrected chi connectivity index (χ2v) is 5.13. The molecule has 0 aliphatic heterocycles. The number of carbonyl (C=O) groups excluding carboxylic acids is 1. The van der Waals surface area contributed by atoms with Crippen LogP contribution in [-0.2, 0) is 4.74 Å². The summed E-state index contributed by atoms with van der Waals surface area (Å²) in [5.41, 5.74) is -2.41. The monoisotopic (exact) mass is 239 g/mol. The van der Waals surface area contributed by atoms with E-state index in [0.29, 0.717) is 0 Å². The fourth-order valence-electron chi connectivity index (χ4n) is 1.27. The third-order valence-electron chi connectivity index (χ3n) is 2.42. The van der Waals surface area contributed by atoms with Crippen LogP contribution in [0.25, 0.3) is 0 Å². The molecule has 0 saturated heterocycles. The van der Waals surface area contributed by atoms with Gasteiger partial charge in [0.1, 0.15) is 5.60 Å². The molecule has 1 saturated carbocycles. The second-order valence-electron chi connectivity index (χ2n) is 5.13. The minimum atomic E-state index is -4.25. The molecular weight excluding hydrogens is 223 g/mol. The molecule has 1 rings (SSSR count). The van der Waals surface area contributed by atoms with Crippen LogP contribution in [0, 0.1) is 5.41 Å². The molecule has 1 amide bonds. The first-order valence-corrected chi connectivity index (χ1v) is 5.09. The minimum absolute atomic E-state index is 0.0757. The van der Waals surface area contributed by atoms with Crippen LogP contribution in [-0.4, -0.2) is 24.4 Å². The molecule has 0 unspecified atom stereocenters. The van der Waals surface area contributed by atoms with Crippen molar-refractivity contribution in [1.29, 1.82) is 0 Å². The number of rotatable bonds is 2. The summed E-state index contributed by atoms with van der Waals surface area (Å²) in [7, 11) is 0. The molecule has 1 aliphatic rings. The number of halogens is 3. The quantitative estimate of drug-likeness (QED) is 0.804. The zero-order valence-electron chi connectivity index (χ0n) is 9.57. The molecule has 0 aromatic rings. The summed E-state index contributed by atoms with van der Waals surface area (Å²) in [6.45, 7) is 4.57. The van der Waals surface area contributed by atoms with E-state index in [2.05, 4.69) is 5.32 Å². The van der Waals surface area contributed by atoms with Gasteiger partial charge in [0.2, 0.25) is 0 Å². The molecule has 0 radical (unpaired) electrons. The zero-order valence-corrected chi connectivity index (χ0v) is 9.57. The predicted molar refractivity (Wildman–Crippen MR) is 52.0 cm³/mol. The lowest BCUT2D eigenvalue weighted by Crippen LogP contribution is -2.40. The molecule has 94 valence electrons. The van der Waals surface area contributed by atoms with Gasteiger partial charge in [0.05, 0.1) is 5.41 Å². The largest absolute Gasteiger partial charge is 0.444 e. The molecule has 6 heteroatoms. The molecule has 0 heterocycles. The van der Waals surface area contributed by atoms with Gasteiger partial charge in [-0.15, -0.1) is 0 Å². The summed E-state index contributed by atoms with van der Waals surface area (Å²) in [6.07, 6.45) is -4.90. The highest BCUT2D eigenvalue weighted by molar-refractivity contribution is 5.67. The van der Waals surface area contributed by atoms with Crippen LogP contribution in [0.15, 0.2) is 0 Å². The van der Waals surface area contributed by atoms with E-state index in [0.717, 1.165) is 0 Å². The first-order chi connectivity index (χ1) is 7.06. The second kappa shape index (κ2) is 3.82. The van der Waals surface area contributed by atoms with E-state index < -0.39 is 29.8 Å². The van der Waals surface area contributed by atoms with E-state index >= 15 is 0 Å². The van der Waals surface area contributed by atoms with Crippen LogP contribution < -0.4 is 5.32 Å². The maximum atomic E-state index is 12.5. The average Bonchev–Trinajstić information content (AvgIpc) is 2.75. The molecule has 0 spiro atoms. The summed E-state index contributed by atoms with van der Waals surface area (Å²) in [4.78, 5) is 11.2. The standard InChI is InChI=1S/C10H16F3NO2/c1-8(2,3)16-7(15)14-6-9(4-5-9)10(11,12)13/h4-6H2,1-3H3,(H,14,15). The first-order valence-electron chi connectivity index (χ1n) is 5.09. The fraction of sp³-hybridized carbons (Fsp3) is 0.900. The van der Waals surface area contributed by atoms with Gasteiger partial charge in [-0.1, -0.05) is 0 Å². The molecule has 16 heavy (non-hydrogen) atoms. The van der Waals surface area contributed by atoms with Crippen molar-refractivity contribution >= 4 is 6.09 Å². The summed E-state index contributed by atoms with van der Waals surface area (Å²) >= 11 is 0. The summed E-state index contributed by atoms with van der Waals surface area (Å²) < 4.78 is 42.3. The number of hydrogen-bond acceptors (Lipinski definition) is 2. The van der Waals surface area contributed by atoms with Crippen molar-refractivity contribution in [3.8, 4) is 0 Å². The Morgan fingerprint density at radius 2 is 1.81 bits per heavy atom. The Balaban J connectivity index is 2.39. The van der Waals surface area contributed by atoms with Crippen LogP contribution in [0.5, 0.6) is 0 Å². The van der Waals surface area contributed by atoms with Gasteiger partial charge >= 0.3 is 12.3 Å². The third-order valence-corrected chi connectivity index (χ3v) is 2.42. The molecular formula is C10H16F3NO2. The van der Waals surface area contributed by atoms with Gasteiger partial charge in [0, 0.05) is 6.54 Å². The topological polar surface area (TPSA) is 38.3 Å². The maximum Gasteiger partial charge on any atom is 0.407 e. The van der Waals surface area contributed by atoms with Crippen LogP contribution in [0.2, 0.25) is 0 Å². The summed E-state index contributed by atoms with van der Waals surface area (Å²) in [6, 6.07) is 0. The van der Waals surface area contributed by atoms with Gasteiger partial charge in [-0.25, -0.2) is 4.79 Å². The van der Waals surface area contributed by atoms with Crippen molar-refractivity contribution in [3.63, 3.8) is 0 Å². The number of ether oxygens (including phenoxy) is 1. The lowest BCUT2D eigenvalue weighted by molar-refractivity contribution is -0.185. The molecule has 1 aliphatic carbocycles. The van der Waals surface area contributed by atoms with E-state index in [4.69, 9.17) is 4.74 Å². The molecule has 1 N–H and O–H groups in total. The van der Waals surface area contributed by atoms with Crippen LogP contribution in [0.1, 0.15) is 33.6 Å². The maximum absolute atomic E-state index is 12.5. The SMILES string of the molecule is CC(C)(C)OC(=O)NCC1(C(F)(F)F)CC1. The van der Waals surface area contributed by atoms with E-state index in [1.807, 2.05) is 0 Å². The first kappa shape index (κ1) is 13.1. The fourth-order valence-corrected chi connectivity index (χ4v) is 1.27. The van der Waals surface area contributed by atoms with Gasteiger partial charge in [-0.05, 0) is 33.6 Å². The normalized spacial score (nSPS) is 19.1. The Morgan fingerprint density at radius 3 is 2.12 bits per heavy atom. The molecule has 0 bridgehead atoms. The molecule has 0 atom stereocenters. The summed E-state index contributed by atoms with van der Waals surface area (Å²) in [5.74, 6) is 0. The Bertz CT molecular complexity index is 277. The van der Waals surface area contributed by atoms with Crippen molar-refractivity contribution in [2.45, 2.75) is 45.4 Å². The highest BCUT2D eigenvalue weighted by atomic mass is 19.4. The molecule has 1 fully saturated rings. The number of alkyl carbamates (subject to hydrolysis) is 1. The van der Waals surface area contributed by atoms with E-state index in [-0.39, 0.29) is 12.8 Å². The summed E-state index contributed by atoms with van der Waals surface area (Å²) in [5, 5.41) is 2.17. The third kappa shape index (κ3) is 3.28. The molecule has 3 nitrogen and oxygen atoms in total. The Morgan fingerprint density at radius 1 is 1.31 bits per heavy atom. The van der Waals surface area contributed by atoms with Crippen molar-refractivity contribution in [2.24, 2.45) is 5.41 Å². The highest BCUT2D eigenvalue weighted by Crippen LogP contribution is 2.57.